The molecule has 0 amide bonds. The van der Waals surface area contributed by atoms with E-state index in [4.69, 9.17) is 5.26 Å². The van der Waals surface area contributed by atoms with Crippen molar-refractivity contribution in [1.29, 1.82) is 5.26 Å². The average molecular weight is 310 g/mol. The van der Waals surface area contributed by atoms with E-state index in [2.05, 4.69) is 25.0 Å². The van der Waals surface area contributed by atoms with Crippen molar-refractivity contribution in [3.8, 4) is 6.07 Å². The molecule has 2 heterocycles. The van der Waals surface area contributed by atoms with Crippen molar-refractivity contribution in [2.24, 2.45) is 0 Å². The van der Waals surface area contributed by atoms with E-state index < -0.39 is 15.6 Å². The molecule has 1 aromatic heterocycles. The summed E-state index contributed by atoms with van der Waals surface area (Å²) in [5.74, 6) is 0.518. The maximum atomic E-state index is 12.1. The second-order valence-electron chi connectivity index (χ2n) is 6.02. The molecule has 21 heavy (non-hydrogen) atoms. The minimum atomic E-state index is -3.20. The second-order valence-corrected chi connectivity index (χ2v) is 8.10. The largest absolute Gasteiger partial charge is 0.263 e. The molecular formula is C14H22N4O2S. The molecule has 0 atom stereocenters. The minimum absolute atomic E-state index is 0.159. The zero-order valence-electron chi connectivity index (χ0n) is 12.8. The minimum Gasteiger partial charge on any atom is -0.263 e. The number of hydrogen-bond acceptors (Lipinski definition) is 4. The lowest BCUT2D eigenvalue weighted by Gasteiger charge is -2.47. The highest BCUT2D eigenvalue weighted by molar-refractivity contribution is 7.89. The summed E-state index contributed by atoms with van der Waals surface area (Å²) < 4.78 is 27.4. The smallest absolute Gasteiger partial charge is 0.214 e. The van der Waals surface area contributed by atoms with Crippen LogP contribution in [0.3, 0.4) is 0 Å². The molecule has 1 fully saturated rings. The molecule has 1 aromatic rings. The van der Waals surface area contributed by atoms with Crippen LogP contribution in [-0.4, -0.2) is 41.3 Å². The molecule has 0 radical (unpaired) electrons. The van der Waals surface area contributed by atoms with Gasteiger partial charge in [0, 0.05) is 19.3 Å². The molecule has 6 nitrogen and oxygen atoms in total. The van der Waals surface area contributed by atoms with Gasteiger partial charge in [-0.05, 0) is 17.9 Å². The van der Waals surface area contributed by atoms with Crippen molar-refractivity contribution in [2.75, 3.05) is 18.8 Å². The molecule has 0 aliphatic carbocycles. The van der Waals surface area contributed by atoms with Crippen LogP contribution < -0.4 is 0 Å². The Balaban J connectivity index is 2.20. The van der Waals surface area contributed by atoms with Gasteiger partial charge in [-0.3, -0.25) is 4.68 Å². The van der Waals surface area contributed by atoms with Crippen molar-refractivity contribution >= 4 is 10.0 Å². The molecule has 1 aliphatic rings. The van der Waals surface area contributed by atoms with E-state index in [0.29, 0.717) is 25.4 Å². The molecule has 116 valence electrons. The highest BCUT2D eigenvalue weighted by Gasteiger charge is 2.49. The van der Waals surface area contributed by atoms with Gasteiger partial charge in [0.25, 0.3) is 0 Å². The normalized spacial score (nSPS) is 18.4. The van der Waals surface area contributed by atoms with Crippen LogP contribution >= 0.6 is 0 Å². The van der Waals surface area contributed by atoms with E-state index in [9.17, 15) is 8.42 Å². The van der Waals surface area contributed by atoms with Crippen LogP contribution in [0, 0.1) is 11.3 Å². The van der Waals surface area contributed by atoms with Crippen LogP contribution in [-0.2, 0) is 15.6 Å². The fourth-order valence-electron chi connectivity index (χ4n) is 2.57. The van der Waals surface area contributed by atoms with Crippen LogP contribution in [0.15, 0.2) is 12.4 Å². The fourth-order valence-corrected chi connectivity index (χ4v) is 4.22. The lowest BCUT2D eigenvalue weighted by molar-refractivity contribution is 0.0716. The summed E-state index contributed by atoms with van der Waals surface area (Å²) in [4.78, 5) is 0. The van der Waals surface area contributed by atoms with Crippen molar-refractivity contribution in [1.82, 2.24) is 14.1 Å². The number of aromatic nitrogens is 2. The summed E-state index contributed by atoms with van der Waals surface area (Å²) in [5, 5.41) is 13.4. The van der Waals surface area contributed by atoms with E-state index in [1.807, 2.05) is 13.1 Å². The zero-order valence-corrected chi connectivity index (χ0v) is 13.6. The Morgan fingerprint density at radius 2 is 2.14 bits per heavy atom. The predicted octanol–water partition coefficient (Wildman–Crippen LogP) is 1.67. The van der Waals surface area contributed by atoms with E-state index >= 15 is 0 Å². The Hall–Kier alpha value is -1.39. The van der Waals surface area contributed by atoms with E-state index in [1.54, 1.807) is 10.9 Å². The van der Waals surface area contributed by atoms with Gasteiger partial charge in [0.2, 0.25) is 10.0 Å². The standard InChI is InChI=1S/C14H22N4O2S/c1-4-7-21(19,20)17-10-14(11-17,5-6-15)18-9-13(8-16-18)12(2)3/h8-9,12H,4-5,7,10-11H2,1-3H3. The van der Waals surface area contributed by atoms with Crippen LogP contribution in [0.5, 0.6) is 0 Å². The number of sulfonamides is 1. The molecule has 1 saturated heterocycles. The first-order valence-electron chi connectivity index (χ1n) is 7.24. The first-order chi connectivity index (χ1) is 9.84. The van der Waals surface area contributed by atoms with Gasteiger partial charge in [-0.15, -0.1) is 0 Å². The van der Waals surface area contributed by atoms with Crippen molar-refractivity contribution in [3.05, 3.63) is 18.0 Å². The van der Waals surface area contributed by atoms with Crippen LogP contribution in [0.2, 0.25) is 0 Å². The van der Waals surface area contributed by atoms with Gasteiger partial charge in [0.15, 0.2) is 0 Å². The first kappa shape index (κ1) is 16.0. The maximum Gasteiger partial charge on any atom is 0.214 e. The molecule has 0 unspecified atom stereocenters. The van der Waals surface area contributed by atoms with Gasteiger partial charge in [-0.25, -0.2) is 8.42 Å². The van der Waals surface area contributed by atoms with Crippen molar-refractivity contribution in [2.45, 2.75) is 45.1 Å². The molecule has 0 bridgehead atoms. The molecule has 7 heteroatoms. The Kier molecular flexibility index (Phi) is 4.40. The Bertz CT molecular complexity index is 636. The number of rotatable bonds is 6. The molecule has 1 aliphatic heterocycles. The maximum absolute atomic E-state index is 12.1. The van der Waals surface area contributed by atoms with Gasteiger partial charge < -0.3 is 0 Å². The van der Waals surface area contributed by atoms with Gasteiger partial charge in [-0.2, -0.15) is 14.7 Å². The van der Waals surface area contributed by atoms with Crippen LogP contribution in [0.1, 0.15) is 45.1 Å². The molecule has 2 rings (SSSR count). The van der Waals surface area contributed by atoms with Gasteiger partial charge >= 0.3 is 0 Å². The fraction of sp³-hybridized carbons (Fsp3) is 0.714. The third kappa shape index (κ3) is 2.97. The Morgan fingerprint density at radius 3 is 2.62 bits per heavy atom. The monoisotopic (exact) mass is 310 g/mol. The summed E-state index contributed by atoms with van der Waals surface area (Å²) in [5.41, 5.74) is 0.588. The quantitative estimate of drug-likeness (QED) is 0.800. The topological polar surface area (TPSA) is 79.0 Å². The second kappa shape index (κ2) is 5.78. The third-order valence-electron chi connectivity index (χ3n) is 3.96. The van der Waals surface area contributed by atoms with Gasteiger partial charge in [-0.1, -0.05) is 20.8 Å². The van der Waals surface area contributed by atoms with E-state index in [0.717, 1.165) is 5.56 Å². The summed E-state index contributed by atoms with van der Waals surface area (Å²) in [7, 11) is -3.20. The van der Waals surface area contributed by atoms with Crippen molar-refractivity contribution < 1.29 is 8.42 Å². The van der Waals surface area contributed by atoms with Gasteiger partial charge in [0.05, 0.1) is 24.4 Å². The average Bonchev–Trinajstić information content (AvgIpc) is 2.82. The molecule has 0 spiro atoms. The number of nitriles is 1. The number of hydrogen-bond donors (Lipinski definition) is 0. The summed E-state index contributed by atoms with van der Waals surface area (Å²) in [6.45, 7) is 6.68. The Morgan fingerprint density at radius 1 is 1.48 bits per heavy atom. The SMILES string of the molecule is CCCS(=O)(=O)N1CC(CC#N)(n2cc(C(C)C)cn2)C1. The lowest BCUT2D eigenvalue weighted by atomic mass is 9.89. The lowest BCUT2D eigenvalue weighted by Crippen LogP contribution is -2.64. The first-order valence-corrected chi connectivity index (χ1v) is 8.85. The predicted molar refractivity (Wildman–Crippen MR) is 80.2 cm³/mol. The number of nitrogens with zero attached hydrogens (tertiary/aromatic N) is 4. The third-order valence-corrected chi connectivity index (χ3v) is 5.93. The highest BCUT2D eigenvalue weighted by Crippen LogP contribution is 2.35. The van der Waals surface area contributed by atoms with Crippen LogP contribution in [0.4, 0.5) is 0 Å². The summed E-state index contributed by atoms with van der Waals surface area (Å²) >= 11 is 0. The molecule has 0 aromatic carbocycles. The van der Waals surface area contributed by atoms with Crippen molar-refractivity contribution in [3.63, 3.8) is 0 Å². The zero-order chi connectivity index (χ0) is 15.7. The van der Waals surface area contributed by atoms with Gasteiger partial charge in [0.1, 0.15) is 5.54 Å². The van der Waals surface area contributed by atoms with E-state index in [-0.39, 0.29) is 12.2 Å². The molecule has 0 N–H and O–H groups in total. The summed E-state index contributed by atoms with van der Waals surface area (Å²) in [6.07, 6.45) is 4.60. The molecular weight excluding hydrogens is 288 g/mol. The van der Waals surface area contributed by atoms with E-state index in [1.165, 1.54) is 4.31 Å². The van der Waals surface area contributed by atoms with Crippen LogP contribution in [0.25, 0.3) is 0 Å². The highest BCUT2D eigenvalue weighted by atomic mass is 32.2. The molecule has 0 saturated carbocycles. The summed E-state index contributed by atoms with van der Waals surface area (Å²) in [6, 6.07) is 2.17. The Labute approximate surface area is 126 Å².